The van der Waals surface area contributed by atoms with Crippen LogP contribution in [0, 0.1) is 11.3 Å². The normalized spacial score (nSPS) is 24.0. The fraction of sp³-hybridized carbons (Fsp3) is 0.333. The van der Waals surface area contributed by atoms with Crippen molar-refractivity contribution in [3.05, 3.63) is 107 Å². The van der Waals surface area contributed by atoms with Crippen LogP contribution in [0.1, 0.15) is 39.9 Å². The molecule has 0 saturated carbocycles. The first-order valence-electron chi connectivity index (χ1n) is 16.3. The fourth-order valence-electron chi connectivity index (χ4n) is 8.27. The molecule has 0 N–H and O–H groups in total. The van der Waals surface area contributed by atoms with Gasteiger partial charge in [0.1, 0.15) is 12.6 Å². The molecule has 0 radical (unpaired) electrons. The summed E-state index contributed by atoms with van der Waals surface area (Å²) in [5.41, 5.74) is 5.54. The lowest BCUT2D eigenvalue weighted by Gasteiger charge is -2.59. The molecule has 1 fully saturated rings. The number of fused-ring (bicyclic) bond motifs is 9. The highest BCUT2D eigenvalue weighted by Crippen LogP contribution is 2.52. The summed E-state index contributed by atoms with van der Waals surface area (Å²) in [5, 5.41) is 13.1. The highest BCUT2D eigenvalue weighted by Gasteiger charge is 2.54. The van der Waals surface area contributed by atoms with Crippen molar-refractivity contribution in [1.29, 1.82) is 5.26 Å². The van der Waals surface area contributed by atoms with E-state index >= 15 is 0 Å². The molecule has 8 rings (SSSR count). The van der Waals surface area contributed by atoms with Gasteiger partial charge in [0.15, 0.2) is 23.0 Å². The second kappa shape index (κ2) is 12.2. The number of nitrogens with zero attached hydrogens (tertiary/aromatic N) is 3. The second-order valence-electron chi connectivity index (χ2n) is 12.9. The van der Waals surface area contributed by atoms with Gasteiger partial charge in [0, 0.05) is 18.2 Å². The number of esters is 1. The maximum absolute atomic E-state index is 13.2. The number of hydrogen-bond acceptors (Lipinski definition) is 9. The number of piperazine rings is 1. The SMILES string of the molecule is COc1cc2c(cc1OC)[C@H](COC(=O)/C=C/Cc1ccc3ccccc3c1)N1[C@@H](C#N)[C@@H]3Cc4cc5c(cc4[C@H]([C@@H]1C2)N3C)OCO5. The molecule has 4 aliphatic rings. The molecule has 0 aliphatic carbocycles. The van der Waals surface area contributed by atoms with E-state index in [0.717, 1.165) is 28.2 Å². The van der Waals surface area contributed by atoms with Crippen molar-refractivity contribution >= 4 is 16.7 Å². The highest BCUT2D eigenvalue weighted by molar-refractivity contribution is 5.83. The third-order valence-electron chi connectivity index (χ3n) is 10.5. The van der Waals surface area contributed by atoms with Gasteiger partial charge in [0.05, 0.1) is 32.4 Å². The van der Waals surface area contributed by atoms with E-state index in [0.29, 0.717) is 30.8 Å². The number of methoxy groups -OCH3 is 2. The molecular formula is C39H37N3O6. The van der Waals surface area contributed by atoms with Crippen molar-refractivity contribution in [2.75, 3.05) is 34.7 Å². The Morgan fingerprint density at radius 1 is 0.917 bits per heavy atom. The van der Waals surface area contributed by atoms with Gasteiger partial charge < -0.3 is 23.7 Å². The topological polar surface area (TPSA) is 93.5 Å². The quantitative estimate of drug-likeness (QED) is 0.186. The van der Waals surface area contributed by atoms with E-state index < -0.39 is 12.0 Å². The molecule has 48 heavy (non-hydrogen) atoms. The van der Waals surface area contributed by atoms with Crippen molar-refractivity contribution in [3.63, 3.8) is 0 Å². The summed E-state index contributed by atoms with van der Waals surface area (Å²) >= 11 is 0. The fourth-order valence-corrected chi connectivity index (χ4v) is 8.27. The molecule has 4 aromatic rings. The number of carbonyl (C=O) groups excluding carboxylic acids is 1. The second-order valence-corrected chi connectivity index (χ2v) is 12.9. The van der Waals surface area contributed by atoms with Gasteiger partial charge in [-0.3, -0.25) is 9.80 Å². The lowest BCUT2D eigenvalue weighted by atomic mass is 9.73. The van der Waals surface area contributed by atoms with E-state index in [1.54, 1.807) is 14.2 Å². The van der Waals surface area contributed by atoms with E-state index in [4.69, 9.17) is 23.7 Å². The van der Waals surface area contributed by atoms with Crippen LogP contribution in [0.2, 0.25) is 0 Å². The van der Waals surface area contributed by atoms with Gasteiger partial charge in [-0.1, -0.05) is 48.5 Å². The summed E-state index contributed by atoms with van der Waals surface area (Å²) in [6, 6.07) is 24.4. The van der Waals surface area contributed by atoms with E-state index in [1.165, 1.54) is 28.0 Å². The Labute approximate surface area is 279 Å². The lowest BCUT2D eigenvalue weighted by molar-refractivity contribution is -0.143. The zero-order valence-electron chi connectivity index (χ0n) is 27.2. The Morgan fingerprint density at radius 2 is 1.65 bits per heavy atom. The van der Waals surface area contributed by atoms with Crippen LogP contribution in [0.3, 0.4) is 0 Å². The van der Waals surface area contributed by atoms with Gasteiger partial charge >= 0.3 is 5.97 Å². The van der Waals surface area contributed by atoms with Crippen LogP contribution in [-0.2, 0) is 28.8 Å². The van der Waals surface area contributed by atoms with Crippen LogP contribution in [-0.4, -0.2) is 68.6 Å². The molecule has 0 spiro atoms. The molecule has 244 valence electrons. The Morgan fingerprint density at radius 3 is 2.44 bits per heavy atom. The Balaban J connectivity index is 1.11. The number of likely N-dealkylation sites (N-methyl/N-ethyl adjacent to an activating group) is 1. The summed E-state index contributed by atoms with van der Waals surface area (Å²) in [5.74, 6) is 2.33. The maximum atomic E-state index is 13.2. The number of allylic oxidation sites excluding steroid dienone is 1. The molecule has 4 aliphatic heterocycles. The monoisotopic (exact) mass is 643 g/mol. The summed E-state index contributed by atoms with van der Waals surface area (Å²) in [6.07, 6.45) is 5.34. The predicted octanol–water partition coefficient (Wildman–Crippen LogP) is 5.70. The van der Waals surface area contributed by atoms with Crippen molar-refractivity contribution in [2.45, 2.75) is 49.5 Å². The average molecular weight is 644 g/mol. The lowest BCUT2D eigenvalue weighted by Crippen LogP contribution is -2.68. The molecule has 9 heteroatoms. The highest BCUT2D eigenvalue weighted by atomic mass is 16.7. The molecule has 0 amide bonds. The summed E-state index contributed by atoms with van der Waals surface area (Å²) in [4.78, 5) is 17.8. The molecule has 1 saturated heterocycles. The average Bonchev–Trinajstić information content (AvgIpc) is 3.56. The third kappa shape index (κ3) is 5.04. The van der Waals surface area contributed by atoms with Gasteiger partial charge in [0.25, 0.3) is 0 Å². The first-order valence-corrected chi connectivity index (χ1v) is 16.3. The van der Waals surface area contributed by atoms with E-state index in [-0.39, 0.29) is 37.6 Å². The standard InChI is InChI=1S/C39H37N3O6/c1-41-30-14-27-17-36-37(48-22-47-36)19-29(27)39(41)31-15-26-16-34(44-2)35(45-3)18-28(26)33(42(31)32(30)20-40)21-46-38(43)10-6-7-23-11-12-24-8-4-5-9-25(24)13-23/h4-6,8-13,16-19,30-33,39H,7,14-15,21-22H2,1-3H3/b10-6+/t30-,31-,32-,33-,39+/m0/s1. The molecule has 4 heterocycles. The molecule has 4 aromatic carbocycles. The minimum Gasteiger partial charge on any atom is -0.493 e. The van der Waals surface area contributed by atoms with Crippen LogP contribution in [0.25, 0.3) is 10.8 Å². The Hall–Kier alpha value is -5.04. The molecule has 0 unspecified atom stereocenters. The summed E-state index contributed by atoms with van der Waals surface area (Å²) in [6.45, 7) is 0.297. The maximum Gasteiger partial charge on any atom is 0.330 e. The minimum absolute atomic E-state index is 0.0147. The van der Waals surface area contributed by atoms with Gasteiger partial charge in [-0.05, 0) is 89.2 Å². The van der Waals surface area contributed by atoms with Crippen LogP contribution >= 0.6 is 0 Å². The van der Waals surface area contributed by atoms with Crippen LogP contribution in [0.4, 0.5) is 0 Å². The van der Waals surface area contributed by atoms with Crippen LogP contribution < -0.4 is 18.9 Å². The van der Waals surface area contributed by atoms with Crippen molar-refractivity contribution in [1.82, 2.24) is 9.80 Å². The number of rotatable bonds is 7. The van der Waals surface area contributed by atoms with Crippen molar-refractivity contribution in [2.24, 2.45) is 0 Å². The zero-order valence-corrected chi connectivity index (χ0v) is 27.2. The number of carbonyl (C=O) groups is 1. The third-order valence-corrected chi connectivity index (χ3v) is 10.5. The predicted molar refractivity (Wildman–Crippen MR) is 179 cm³/mol. The molecule has 2 bridgehead atoms. The van der Waals surface area contributed by atoms with Gasteiger partial charge in [-0.15, -0.1) is 0 Å². The molecule has 9 nitrogen and oxygen atoms in total. The number of ether oxygens (including phenoxy) is 5. The summed E-state index contributed by atoms with van der Waals surface area (Å²) in [7, 11) is 5.36. The largest absolute Gasteiger partial charge is 0.493 e. The first kappa shape index (κ1) is 30.3. The zero-order chi connectivity index (χ0) is 32.9. The number of hydrogen-bond donors (Lipinski definition) is 0. The Bertz CT molecular complexity index is 1980. The molecular weight excluding hydrogens is 606 g/mol. The first-order chi connectivity index (χ1) is 23.5. The van der Waals surface area contributed by atoms with E-state index in [9.17, 15) is 10.1 Å². The van der Waals surface area contributed by atoms with Gasteiger partial charge in [0.2, 0.25) is 6.79 Å². The van der Waals surface area contributed by atoms with Crippen LogP contribution in [0.15, 0.2) is 78.9 Å². The number of nitriles is 1. The Kier molecular flexibility index (Phi) is 7.70. The van der Waals surface area contributed by atoms with E-state index in [1.807, 2.05) is 30.3 Å². The van der Waals surface area contributed by atoms with Gasteiger partial charge in [-0.25, -0.2) is 4.79 Å². The van der Waals surface area contributed by atoms with Crippen molar-refractivity contribution in [3.8, 4) is 29.1 Å². The molecule has 0 aromatic heterocycles. The summed E-state index contributed by atoms with van der Waals surface area (Å²) < 4.78 is 28.9. The van der Waals surface area contributed by atoms with Crippen molar-refractivity contribution < 1.29 is 28.5 Å². The minimum atomic E-state index is -0.441. The molecule has 5 atom stereocenters. The van der Waals surface area contributed by atoms with E-state index in [2.05, 4.69) is 65.4 Å². The number of benzene rings is 4. The van der Waals surface area contributed by atoms with Gasteiger partial charge in [-0.2, -0.15) is 5.26 Å². The smallest absolute Gasteiger partial charge is 0.330 e. The van der Waals surface area contributed by atoms with Crippen LogP contribution in [0.5, 0.6) is 23.0 Å².